The van der Waals surface area contributed by atoms with Gasteiger partial charge in [-0.1, -0.05) is 42.4 Å². The van der Waals surface area contributed by atoms with E-state index in [4.69, 9.17) is 5.11 Å². The highest BCUT2D eigenvalue weighted by Crippen LogP contribution is 2.09. The summed E-state index contributed by atoms with van der Waals surface area (Å²) in [6.07, 6.45) is 2.89. The lowest BCUT2D eigenvalue weighted by Crippen LogP contribution is -2.11. The molecule has 0 heterocycles. The molecule has 0 fully saturated rings. The average Bonchev–Trinajstić information content (AvgIpc) is 1.82. The van der Waals surface area contributed by atoms with Crippen LogP contribution in [0.25, 0.3) is 0 Å². The molecular weight excluding hydrogens is 245 g/mol. The fourth-order valence-corrected chi connectivity index (χ4v) is 0.947. The standard InChI is InChI=1S/C6H11IO2.H3N/c1-2-3-4-5(7)6(8)9;/h5H,2-4H2,1H3,(H,8,9);1H3. The van der Waals surface area contributed by atoms with Crippen LogP contribution in [-0.2, 0) is 4.79 Å². The Kier molecular flexibility index (Phi) is 9.31. The molecule has 0 saturated heterocycles. The third-order valence-corrected chi connectivity index (χ3v) is 2.23. The van der Waals surface area contributed by atoms with Gasteiger partial charge in [0.1, 0.15) is 3.92 Å². The predicted octanol–water partition coefficient (Wildman–Crippen LogP) is 2.23. The molecule has 4 heteroatoms. The molecule has 4 N–H and O–H groups in total. The fourth-order valence-electron chi connectivity index (χ4n) is 0.507. The molecule has 62 valence electrons. The summed E-state index contributed by atoms with van der Waals surface area (Å²) in [6.45, 7) is 2.06. The number of alkyl halides is 1. The Hall–Kier alpha value is 0.160. The fraction of sp³-hybridized carbons (Fsp3) is 0.833. The topological polar surface area (TPSA) is 72.3 Å². The van der Waals surface area contributed by atoms with Crippen molar-refractivity contribution >= 4 is 28.6 Å². The summed E-state index contributed by atoms with van der Waals surface area (Å²) in [5.41, 5.74) is 0. The summed E-state index contributed by atoms with van der Waals surface area (Å²) in [6, 6.07) is 0. The third kappa shape index (κ3) is 6.28. The Balaban J connectivity index is 0. The van der Waals surface area contributed by atoms with E-state index in [9.17, 15) is 4.79 Å². The third-order valence-electron chi connectivity index (χ3n) is 1.08. The number of rotatable bonds is 4. The van der Waals surface area contributed by atoms with Crippen molar-refractivity contribution in [2.75, 3.05) is 0 Å². The SMILES string of the molecule is CCCCC(I)C(=O)O.N. The van der Waals surface area contributed by atoms with E-state index in [2.05, 4.69) is 6.92 Å². The number of carbonyl (C=O) groups is 1. The zero-order chi connectivity index (χ0) is 7.28. The van der Waals surface area contributed by atoms with E-state index < -0.39 is 5.97 Å². The Morgan fingerprint density at radius 1 is 1.70 bits per heavy atom. The molecule has 0 aliphatic carbocycles. The summed E-state index contributed by atoms with van der Waals surface area (Å²) < 4.78 is -0.192. The number of unbranched alkanes of at least 4 members (excludes halogenated alkanes) is 1. The number of aliphatic carboxylic acids is 1. The summed E-state index contributed by atoms with van der Waals surface area (Å²) in [5.74, 6) is -0.691. The number of carboxylic acids is 1. The quantitative estimate of drug-likeness (QED) is 0.600. The zero-order valence-electron chi connectivity index (χ0n) is 6.14. The average molecular weight is 259 g/mol. The van der Waals surface area contributed by atoms with Crippen LogP contribution in [0.2, 0.25) is 0 Å². The van der Waals surface area contributed by atoms with Crippen molar-refractivity contribution in [3.8, 4) is 0 Å². The van der Waals surface area contributed by atoms with Crippen LogP contribution in [0.3, 0.4) is 0 Å². The first-order valence-corrected chi connectivity index (χ1v) is 4.30. The van der Waals surface area contributed by atoms with Crippen LogP contribution in [0, 0.1) is 0 Å². The van der Waals surface area contributed by atoms with E-state index >= 15 is 0 Å². The van der Waals surface area contributed by atoms with Crippen LogP contribution in [0.1, 0.15) is 26.2 Å². The minimum absolute atomic E-state index is 0. The van der Waals surface area contributed by atoms with Crippen LogP contribution < -0.4 is 6.15 Å². The Morgan fingerprint density at radius 2 is 2.20 bits per heavy atom. The van der Waals surface area contributed by atoms with Gasteiger partial charge in [-0.15, -0.1) is 0 Å². The molecule has 0 aliphatic rings. The normalized spacial score (nSPS) is 11.8. The van der Waals surface area contributed by atoms with Gasteiger partial charge in [-0.3, -0.25) is 4.79 Å². The number of carboxylic acid groups (broad SMARTS) is 1. The lowest BCUT2D eigenvalue weighted by molar-refractivity contribution is -0.136. The van der Waals surface area contributed by atoms with Crippen LogP contribution in [0.5, 0.6) is 0 Å². The van der Waals surface area contributed by atoms with E-state index in [-0.39, 0.29) is 10.1 Å². The lowest BCUT2D eigenvalue weighted by atomic mass is 10.2. The van der Waals surface area contributed by atoms with Gasteiger partial charge in [-0.05, 0) is 6.42 Å². The highest BCUT2D eigenvalue weighted by molar-refractivity contribution is 14.1. The van der Waals surface area contributed by atoms with Gasteiger partial charge in [0.25, 0.3) is 0 Å². The molecule has 0 saturated carbocycles. The van der Waals surface area contributed by atoms with Crippen LogP contribution in [0.15, 0.2) is 0 Å². The molecule has 10 heavy (non-hydrogen) atoms. The van der Waals surface area contributed by atoms with E-state index in [0.29, 0.717) is 0 Å². The lowest BCUT2D eigenvalue weighted by Gasteiger charge is -2.00. The first kappa shape index (κ1) is 12.8. The van der Waals surface area contributed by atoms with Gasteiger partial charge in [0.15, 0.2) is 0 Å². The maximum atomic E-state index is 10.2. The summed E-state index contributed by atoms with van der Waals surface area (Å²) in [7, 11) is 0. The van der Waals surface area contributed by atoms with Gasteiger partial charge in [0.2, 0.25) is 0 Å². The zero-order valence-corrected chi connectivity index (χ0v) is 8.30. The smallest absolute Gasteiger partial charge is 0.316 e. The van der Waals surface area contributed by atoms with E-state index in [0.717, 1.165) is 19.3 Å². The molecule has 0 aliphatic heterocycles. The second-order valence-corrected chi connectivity index (χ2v) is 3.45. The second kappa shape index (κ2) is 7.27. The molecular formula is C6H14INO2. The molecule has 0 spiro atoms. The molecule has 0 bridgehead atoms. The monoisotopic (exact) mass is 259 g/mol. The molecule has 0 radical (unpaired) electrons. The van der Waals surface area contributed by atoms with Gasteiger partial charge < -0.3 is 11.3 Å². The highest BCUT2D eigenvalue weighted by Gasteiger charge is 2.10. The van der Waals surface area contributed by atoms with E-state index in [1.54, 1.807) is 0 Å². The van der Waals surface area contributed by atoms with Crippen molar-refractivity contribution in [1.82, 2.24) is 6.15 Å². The maximum absolute atomic E-state index is 10.2. The first-order valence-electron chi connectivity index (χ1n) is 3.05. The van der Waals surface area contributed by atoms with Crippen molar-refractivity contribution in [2.24, 2.45) is 0 Å². The van der Waals surface area contributed by atoms with Crippen molar-refractivity contribution in [3.05, 3.63) is 0 Å². The van der Waals surface area contributed by atoms with E-state index in [1.807, 2.05) is 22.6 Å². The molecule has 3 nitrogen and oxygen atoms in total. The minimum atomic E-state index is -0.691. The van der Waals surface area contributed by atoms with E-state index in [1.165, 1.54) is 0 Å². The molecule has 1 atom stereocenters. The Morgan fingerprint density at radius 3 is 2.50 bits per heavy atom. The molecule has 0 rings (SSSR count). The molecule has 0 aromatic rings. The second-order valence-electron chi connectivity index (χ2n) is 1.95. The van der Waals surface area contributed by atoms with Crippen molar-refractivity contribution in [2.45, 2.75) is 30.1 Å². The maximum Gasteiger partial charge on any atom is 0.316 e. The molecule has 0 amide bonds. The van der Waals surface area contributed by atoms with Gasteiger partial charge >= 0.3 is 5.97 Å². The first-order chi connectivity index (χ1) is 4.18. The van der Waals surface area contributed by atoms with Gasteiger partial charge in [0.05, 0.1) is 0 Å². The summed E-state index contributed by atoms with van der Waals surface area (Å²) in [4.78, 5) is 10.2. The van der Waals surface area contributed by atoms with Gasteiger partial charge in [-0.2, -0.15) is 0 Å². The molecule has 0 aromatic carbocycles. The number of halogens is 1. The number of hydrogen-bond donors (Lipinski definition) is 2. The van der Waals surface area contributed by atoms with Gasteiger partial charge in [0, 0.05) is 0 Å². The predicted molar refractivity (Wildman–Crippen MR) is 50.0 cm³/mol. The van der Waals surface area contributed by atoms with Gasteiger partial charge in [-0.25, -0.2) is 0 Å². The molecule has 0 aromatic heterocycles. The highest BCUT2D eigenvalue weighted by atomic mass is 127. The number of hydrogen-bond acceptors (Lipinski definition) is 2. The van der Waals surface area contributed by atoms with Crippen LogP contribution in [0.4, 0.5) is 0 Å². The molecule has 1 unspecified atom stereocenters. The van der Waals surface area contributed by atoms with Crippen molar-refractivity contribution < 1.29 is 9.90 Å². The minimum Gasteiger partial charge on any atom is -0.480 e. The van der Waals surface area contributed by atoms with Crippen LogP contribution >= 0.6 is 22.6 Å². The van der Waals surface area contributed by atoms with Crippen molar-refractivity contribution in [3.63, 3.8) is 0 Å². The summed E-state index contributed by atoms with van der Waals surface area (Å²) >= 11 is 1.96. The van der Waals surface area contributed by atoms with Crippen LogP contribution in [-0.4, -0.2) is 15.0 Å². The Labute approximate surface area is 74.9 Å². The largest absolute Gasteiger partial charge is 0.480 e. The summed E-state index contributed by atoms with van der Waals surface area (Å²) in [5, 5.41) is 8.40. The van der Waals surface area contributed by atoms with Crippen molar-refractivity contribution in [1.29, 1.82) is 0 Å². The Bertz CT molecular complexity index is 97.7.